The van der Waals surface area contributed by atoms with Crippen molar-refractivity contribution in [2.45, 2.75) is 49.7 Å². The van der Waals surface area contributed by atoms with Crippen molar-refractivity contribution in [1.29, 1.82) is 0 Å². The number of pyridine rings is 1. The average molecular weight is 305 g/mol. The number of hydrogen-bond donors (Lipinski definition) is 1. The van der Waals surface area contributed by atoms with E-state index in [1.54, 1.807) is 18.0 Å². The zero-order valence-electron chi connectivity index (χ0n) is 12.5. The standard InChI is InChI=1S/C16H23N3OS/c1-2-21-15-7-6-12(11-17-15)16(20)18-13-8-10-19-9-4-3-5-14(13)19/h6-7,11,13-14H,2-5,8-10H2,1H3,(H,18,20)/t13-,14-/m1/s1. The fourth-order valence-electron chi connectivity index (χ4n) is 3.42. The van der Waals surface area contributed by atoms with Crippen molar-refractivity contribution in [3.05, 3.63) is 23.9 Å². The number of carbonyl (C=O) groups is 1. The Morgan fingerprint density at radius 2 is 2.29 bits per heavy atom. The van der Waals surface area contributed by atoms with Gasteiger partial charge in [0.1, 0.15) is 0 Å². The van der Waals surface area contributed by atoms with Crippen molar-refractivity contribution in [2.24, 2.45) is 0 Å². The lowest BCUT2D eigenvalue weighted by atomic mass is 9.99. The molecule has 0 radical (unpaired) electrons. The second kappa shape index (κ2) is 6.79. The SMILES string of the molecule is CCSc1ccc(C(=O)N[C@@H]2CCN3CCCC[C@H]23)cn1. The van der Waals surface area contributed by atoms with Gasteiger partial charge in [0, 0.05) is 24.8 Å². The van der Waals surface area contributed by atoms with E-state index in [4.69, 9.17) is 0 Å². The predicted octanol–water partition coefficient (Wildman–Crippen LogP) is 2.55. The van der Waals surface area contributed by atoms with E-state index in [-0.39, 0.29) is 5.91 Å². The molecule has 3 rings (SSSR count). The first kappa shape index (κ1) is 14.9. The van der Waals surface area contributed by atoms with E-state index in [0.29, 0.717) is 17.6 Å². The number of amides is 1. The smallest absolute Gasteiger partial charge is 0.253 e. The molecule has 0 unspecified atom stereocenters. The maximum absolute atomic E-state index is 12.4. The molecule has 2 atom stereocenters. The molecular weight excluding hydrogens is 282 g/mol. The van der Waals surface area contributed by atoms with Gasteiger partial charge >= 0.3 is 0 Å². The largest absolute Gasteiger partial charge is 0.348 e. The first-order valence-electron chi connectivity index (χ1n) is 7.91. The summed E-state index contributed by atoms with van der Waals surface area (Å²) in [5, 5.41) is 4.20. The van der Waals surface area contributed by atoms with Crippen LogP contribution in [0.25, 0.3) is 0 Å². The summed E-state index contributed by atoms with van der Waals surface area (Å²) in [5.41, 5.74) is 0.671. The Labute approximate surface area is 130 Å². The Kier molecular flexibility index (Phi) is 4.80. The quantitative estimate of drug-likeness (QED) is 0.868. The third kappa shape index (κ3) is 3.40. The molecule has 114 valence electrons. The van der Waals surface area contributed by atoms with E-state index in [2.05, 4.69) is 22.1 Å². The number of nitrogens with zero attached hydrogens (tertiary/aromatic N) is 2. The number of carbonyl (C=O) groups excluding carboxylic acids is 1. The summed E-state index contributed by atoms with van der Waals surface area (Å²) in [6, 6.07) is 4.67. The lowest BCUT2D eigenvalue weighted by molar-refractivity contribution is 0.0915. The number of nitrogens with one attached hydrogen (secondary N) is 1. The predicted molar refractivity (Wildman–Crippen MR) is 85.7 cm³/mol. The maximum Gasteiger partial charge on any atom is 0.253 e. The summed E-state index contributed by atoms with van der Waals surface area (Å²) in [6.45, 7) is 4.42. The molecule has 0 spiro atoms. The number of thioether (sulfide) groups is 1. The van der Waals surface area contributed by atoms with Crippen LogP contribution in [0, 0.1) is 0 Å². The molecule has 2 fully saturated rings. The summed E-state index contributed by atoms with van der Waals surface area (Å²) < 4.78 is 0. The van der Waals surface area contributed by atoms with Crippen LogP contribution in [0.3, 0.4) is 0 Å². The normalized spacial score (nSPS) is 25.6. The molecule has 5 heteroatoms. The summed E-state index contributed by atoms with van der Waals surface area (Å²) in [6.07, 6.45) is 6.58. The molecule has 1 N–H and O–H groups in total. The minimum absolute atomic E-state index is 0.0213. The molecule has 0 aliphatic carbocycles. The van der Waals surface area contributed by atoms with E-state index < -0.39 is 0 Å². The van der Waals surface area contributed by atoms with Gasteiger partial charge in [0.15, 0.2) is 0 Å². The molecule has 2 aliphatic rings. The summed E-state index contributed by atoms with van der Waals surface area (Å²) >= 11 is 1.69. The van der Waals surface area contributed by atoms with Crippen LogP contribution in [-0.4, -0.2) is 46.7 Å². The van der Waals surface area contributed by atoms with E-state index in [1.165, 1.54) is 25.8 Å². The second-order valence-corrected chi connectivity index (χ2v) is 7.07. The van der Waals surface area contributed by atoms with Crippen molar-refractivity contribution < 1.29 is 4.79 Å². The monoisotopic (exact) mass is 305 g/mol. The second-order valence-electron chi connectivity index (χ2n) is 5.79. The van der Waals surface area contributed by atoms with Crippen molar-refractivity contribution in [1.82, 2.24) is 15.2 Å². The Bertz CT molecular complexity index is 491. The van der Waals surface area contributed by atoms with E-state index in [1.807, 2.05) is 12.1 Å². The van der Waals surface area contributed by atoms with Gasteiger partial charge in [-0.3, -0.25) is 9.69 Å². The van der Waals surface area contributed by atoms with Gasteiger partial charge in [-0.1, -0.05) is 13.3 Å². The van der Waals surface area contributed by atoms with Gasteiger partial charge in [-0.2, -0.15) is 0 Å². The highest BCUT2D eigenvalue weighted by Gasteiger charge is 2.36. The van der Waals surface area contributed by atoms with Crippen LogP contribution >= 0.6 is 11.8 Å². The minimum Gasteiger partial charge on any atom is -0.348 e. The Morgan fingerprint density at radius 1 is 1.38 bits per heavy atom. The number of hydrogen-bond acceptors (Lipinski definition) is 4. The molecule has 1 amide bonds. The molecular formula is C16H23N3OS. The number of fused-ring (bicyclic) bond motifs is 1. The lowest BCUT2D eigenvalue weighted by Gasteiger charge is -2.32. The van der Waals surface area contributed by atoms with Crippen LogP contribution in [0.5, 0.6) is 0 Å². The molecule has 1 aromatic heterocycles. The molecule has 1 aromatic rings. The first-order valence-corrected chi connectivity index (χ1v) is 8.90. The average Bonchev–Trinajstić information content (AvgIpc) is 2.92. The van der Waals surface area contributed by atoms with Crippen molar-refractivity contribution in [3.8, 4) is 0 Å². The number of rotatable bonds is 4. The maximum atomic E-state index is 12.4. The van der Waals surface area contributed by atoms with Gasteiger partial charge < -0.3 is 5.32 Å². The third-order valence-electron chi connectivity index (χ3n) is 4.46. The molecule has 2 aliphatic heterocycles. The highest BCUT2D eigenvalue weighted by atomic mass is 32.2. The molecule has 0 aromatic carbocycles. The lowest BCUT2D eigenvalue weighted by Crippen LogP contribution is -2.46. The van der Waals surface area contributed by atoms with Crippen LogP contribution < -0.4 is 5.32 Å². The van der Waals surface area contributed by atoms with Crippen LogP contribution in [0.4, 0.5) is 0 Å². The molecule has 0 bridgehead atoms. The van der Waals surface area contributed by atoms with Crippen molar-refractivity contribution >= 4 is 17.7 Å². The Morgan fingerprint density at radius 3 is 3.05 bits per heavy atom. The van der Waals surface area contributed by atoms with Gasteiger partial charge in [-0.25, -0.2) is 4.98 Å². The fraction of sp³-hybridized carbons (Fsp3) is 0.625. The van der Waals surface area contributed by atoms with Crippen molar-refractivity contribution in [2.75, 3.05) is 18.8 Å². The highest BCUT2D eigenvalue weighted by Crippen LogP contribution is 2.27. The topological polar surface area (TPSA) is 45.2 Å². The van der Waals surface area contributed by atoms with Gasteiger partial charge in [-0.15, -0.1) is 11.8 Å². The molecule has 2 saturated heterocycles. The van der Waals surface area contributed by atoms with E-state index >= 15 is 0 Å². The number of aromatic nitrogens is 1. The fourth-order valence-corrected chi connectivity index (χ4v) is 4.00. The highest BCUT2D eigenvalue weighted by molar-refractivity contribution is 7.99. The summed E-state index contributed by atoms with van der Waals surface area (Å²) in [4.78, 5) is 19.2. The molecule has 0 saturated carbocycles. The summed E-state index contributed by atoms with van der Waals surface area (Å²) in [7, 11) is 0. The van der Waals surface area contributed by atoms with Gasteiger partial charge in [0.2, 0.25) is 0 Å². The van der Waals surface area contributed by atoms with Gasteiger partial charge in [-0.05, 0) is 43.7 Å². The first-order chi connectivity index (χ1) is 10.3. The molecule has 4 nitrogen and oxygen atoms in total. The molecule has 21 heavy (non-hydrogen) atoms. The zero-order chi connectivity index (χ0) is 14.7. The van der Waals surface area contributed by atoms with E-state index in [9.17, 15) is 4.79 Å². The van der Waals surface area contributed by atoms with Crippen LogP contribution in [-0.2, 0) is 0 Å². The van der Waals surface area contributed by atoms with E-state index in [0.717, 1.165) is 23.7 Å². The van der Waals surface area contributed by atoms with Crippen LogP contribution in [0.15, 0.2) is 23.4 Å². The molecule has 3 heterocycles. The zero-order valence-corrected chi connectivity index (χ0v) is 13.4. The van der Waals surface area contributed by atoms with Gasteiger partial charge in [0.25, 0.3) is 5.91 Å². The minimum atomic E-state index is 0.0213. The third-order valence-corrected chi connectivity index (χ3v) is 5.29. The summed E-state index contributed by atoms with van der Waals surface area (Å²) in [5.74, 6) is 1.02. The van der Waals surface area contributed by atoms with Crippen LogP contribution in [0.2, 0.25) is 0 Å². The van der Waals surface area contributed by atoms with Gasteiger partial charge in [0.05, 0.1) is 10.6 Å². The Hall–Kier alpha value is -1.07. The van der Waals surface area contributed by atoms with Crippen molar-refractivity contribution in [3.63, 3.8) is 0 Å². The Balaban J connectivity index is 1.60. The van der Waals surface area contributed by atoms with Crippen LogP contribution in [0.1, 0.15) is 43.0 Å². The number of piperidine rings is 1.